The number of amides is 4. The maximum absolute atomic E-state index is 13.4. The van der Waals surface area contributed by atoms with Crippen molar-refractivity contribution in [3.63, 3.8) is 0 Å². The van der Waals surface area contributed by atoms with Crippen LogP contribution in [0.15, 0.2) is 138 Å². The van der Waals surface area contributed by atoms with E-state index in [-0.39, 0.29) is 73.7 Å². The smallest absolute Gasteiger partial charge is 0.423 e. The molecule has 4 aromatic carbocycles. The number of aldehydes is 2. The number of carbonyl (C=O) groups is 6. The summed E-state index contributed by atoms with van der Waals surface area (Å²) in [5.74, 6) is -1.59. The summed E-state index contributed by atoms with van der Waals surface area (Å²) in [5, 5.41) is 48.6. The van der Waals surface area contributed by atoms with E-state index in [4.69, 9.17) is 52.7 Å². The molecule has 0 radical (unpaired) electrons. The zero-order chi connectivity index (χ0) is 72.2. The number of nitrogens with zero attached hydrogens (tertiary/aromatic N) is 8. The molecule has 0 atom stereocenters. The first kappa shape index (κ1) is 77.4. The van der Waals surface area contributed by atoms with E-state index in [9.17, 15) is 28.8 Å². The van der Waals surface area contributed by atoms with Crippen LogP contribution in [-0.2, 0) is 61.6 Å². The maximum Gasteiger partial charge on any atom is 0.488 e. The van der Waals surface area contributed by atoms with Crippen LogP contribution in [0.4, 0.5) is 11.4 Å². The fourth-order valence-electron chi connectivity index (χ4n) is 11.8. The first-order valence-electron chi connectivity index (χ1n) is 33.7. The number of ether oxygens (including phenoxy) is 2. The largest absolute Gasteiger partial charge is 0.488 e. The molecule has 4 amide bonds. The molecule has 2 fully saturated rings. The van der Waals surface area contributed by atoms with Crippen molar-refractivity contribution in [3.8, 4) is 11.1 Å². The van der Waals surface area contributed by atoms with Crippen molar-refractivity contribution >= 4 is 121 Å². The third-order valence-electron chi connectivity index (χ3n) is 17.2. The molecular weight excluding hydrogens is 1420 g/mol. The van der Waals surface area contributed by atoms with E-state index in [1.807, 2.05) is 72.9 Å². The van der Waals surface area contributed by atoms with Crippen LogP contribution >= 0.6 is 39.1 Å². The number of hydrogen-bond acceptors (Lipinski definition) is 18. The minimum absolute atomic E-state index is 0. The molecule has 2 aliphatic rings. The number of anilines is 2. The molecule has 536 valence electrons. The van der Waals surface area contributed by atoms with Gasteiger partial charge in [-0.3, -0.25) is 28.8 Å². The van der Waals surface area contributed by atoms with Gasteiger partial charge in [0.1, 0.15) is 35.3 Å². The Morgan fingerprint density at radius 3 is 1.39 bits per heavy atom. The molecule has 0 bridgehead atoms. The third kappa shape index (κ3) is 19.9. The Morgan fingerprint density at radius 1 is 0.544 bits per heavy atom. The highest BCUT2D eigenvalue weighted by Gasteiger charge is 2.26. The van der Waals surface area contributed by atoms with Gasteiger partial charge in [0.25, 0.3) is 23.6 Å². The normalized spacial score (nSPS) is 12.9. The van der Waals surface area contributed by atoms with E-state index in [1.165, 1.54) is 12.1 Å². The van der Waals surface area contributed by atoms with Crippen molar-refractivity contribution in [1.82, 2.24) is 60.8 Å². The third-order valence-corrected chi connectivity index (χ3v) is 18.8. The van der Waals surface area contributed by atoms with Gasteiger partial charge in [-0.2, -0.15) is 10.2 Å². The first-order chi connectivity index (χ1) is 49.5. The molecule has 12 rings (SSSR count). The van der Waals surface area contributed by atoms with Gasteiger partial charge >= 0.3 is 7.12 Å². The zero-order valence-electron chi connectivity index (χ0n) is 56.8. The van der Waals surface area contributed by atoms with E-state index in [1.54, 1.807) is 78.9 Å². The molecule has 103 heavy (non-hydrogen) atoms. The van der Waals surface area contributed by atoms with Crippen LogP contribution in [0, 0.1) is 0 Å². The summed E-state index contributed by atoms with van der Waals surface area (Å²) in [6.45, 7) is 13.3. The van der Waals surface area contributed by atoms with Crippen molar-refractivity contribution in [2.24, 2.45) is 0 Å². The molecule has 2 saturated heterocycles. The van der Waals surface area contributed by atoms with Crippen LogP contribution in [0.3, 0.4) is 0 Å². The summed E-state index contributed by atoms with van der Waals surface area (Å²) < 4.78 is 15.6. The van der Waals surface area contributed by atoms with Gasteiger partial charge in [0.15, 0.2) is 11.3 Å². The van der Waals surface area contributed by atoms with E-state index < -0.39 is 18.9 Å². The number of aryl methyl sites for hydroxylation is 4. The zero-order valence-corrected chi connectivity index (χ0v) is 59.9. The van der Waals surface area contributed by atoms with E-state index in [0.29, 0.717) is 91.8 Å². The summed E-state index contributed by atoms with van der Waals surface area (Å²) in [7, 11) is -1.50. The predicted molar refractivity (Wildman–Crippen MR) is 403 cm³/mol. The molecule has 2 aliphatic heterocycles. The number of hydrogen-bond donors (Lipinski definition) is 8. The number of carbonyl (C=O) groups excluding carboxylic acids is 6. The van der Waals surface area contributed by atoms with E-state index in [2.05, 4.69) is 74.9 Å². The number of pyridine rings is 4. The highest BCUT2D eigenvalue weighted by Crippen LogP contribution is 2.34. The molecule has 8 heterocycles. The Balaban J connectivity index is 0.000000208. The fourth-order valence-corrected chi connectivity index (χ4v) is 12.5. The Morgan fingerprint density at radius 2 is 0.961 bits per heavy atom. The van der Waals surface area contributed by atoms with E-state index >= 15 is 0 Å². The van der Waals surface area contributed by atoms with Gasteiger partial charge in [-0.25, -0.2) is 29.3 Å². The lowest BCUT2D eigenvalue weighted by atomic mass is 9.80. The number of rotatable bonds is 24. The van der Waals surface area contributed by atoms with Gasteiger partial charge in [0.2, 0.25) is 0 Å². The molecule has 0 saturated carbocycles. The highest BCUT2D eigenvalue weighted by atomic mass is 79.9. The Hall–Kier alpha value is -9.80. The van der Waals surface area contributed by atoms with Crippen molar-refractivity contribution in [2.75, 3.05) is 37.1 Å². The lowest BCUT2D eigenvalue weighted by molar-refractivity contribution is 0.0903. The summed E-state index contributed by atoms with van der Waals surface area (Å²) >= 11 is 15.9. The van der Waals surface area contributed by atoms with Crippen LogP contribution in [0.5, 0.6) is 0 Å². The lowest BCUT2D eigenvalue weighted by Crippen LogP contribution is -2.30. The van der Waals surface area contributed by atoms with Crippen molar-refractivity contribution in [3.05, 3.63) is 216 Å². The quantitative estimate of drug-likeness (QED) is 0.0206. The fraction of sp³-hybridized carbons (Fsp3) is 0.307. The van der Waals surface area contributed by atoms with Gasteiger partial charge in [-0.1, -0.05) is 111 Å². The van der Waals surface area contributed by atoms with Gasteiger partial charge in [0.05, 0.1) is 39.6 Å². The molecule has 28 heteroatoms. The topological polar surface area (TPSA) is 321 Å². The molecule has 0 spiro atoms. The molecule has 24 nitrogen and oxygen atoms in total. The molecule has 6 aromatic heterocycles. The summed E-state index contributed by atoms with van der Waals surface area (Å²) in [5.41, 5.74) is 12.2. The Labute approximate surface area is 615 Å². The Bertz CT molecular complexity index is 4660. The summed E-state index contributed by atoms with van der Waals surface area (Å²) in [4.78, 5) is 92.7. The number of aromatic nitrogens is 8. The summed E-state index contributed by atoms with van der Waals surface area (Å²) in [6.07, 6.45) is 10.0. The standard InChI is InChI=1S/C37H38ClN7O4.C30H33BrClN7O3.C7H7BO3.CH4/c1-3-31-28(34(42-26-13-15-49-16-14-26)29-21-41-45(4-2)35(29)44-31)20-40-37(48)33-10-6-9-32(43-33)36(47)39-19-23-11-12-30(38)27(18-23)25-8-5-7-24(17-25)22-46;1-3-24-20(27(36-19-10-12-42-13-11-19)21-17-35-39(4-2)28(21)38-24)16-34-30(41)26-7-5-6-25(37-26)29(40)33-15-18-8-9-23(32)22(31)14-18;9-5-6-2-1-3-7(4-6)8(10)11;/h5-12,17-18,21-22,26H,3-4,13-16,19-20H2,1-2H3,(H,39,47)(H,40,48)(H,42,44);5-9,14,17,19H,3-4,10-13,15-16H2,1-2H3,(H,33,40)(H,34,41)(H,36,38);1-5,10-11H;1H4. The molecule has 8 N–H and O–H groups in total. The molecule has 0 aliphatic carbocycles. The van der Waals surface area contributed by atoms with Crippen LogP contribution in [0.25, 0.3) is 33.2 Å². The average Bonchev–Trinajstić information content (AvgIpc) is 1.68. The maximum atomic E-state index is 13.4. The van der Waals surface area contributed by atoms with Crippen LogP contribution in [0.2, 0.25) is 10.0 Å². The average molecular weight is 1500 g/mol. The van der Waals surface area contributed by atoms with Crippen LogP contribution < -0.4 is 37.4 Å². The second kappa shape index (κ2) is 37.4. The minimum atomic E-state index is -1.50. The molecular formula is C75H82BBrCl2N14O10. The monoisotopic (exact) mass is 1500 g/mol. The second-order valence-corrected chi connectivity index (χ2v) is 25.7. The van der Waals surface area contributed by atoms with Crippen LogP contribution in [0.1, 0.15) is 157 Å². The van der Waals surface area contributed by atoms with Crippen molar-refractivity contribution in [2.45, 2.75) is 125 Å². The second-order valence-electron chi connectivity index (χ2n) is 24.0. The SMILES string of the molecule is C.CCc1nc2c(cnn2CC)c(NC2CCOCC2)c1CNC(=O)c1cccc(C(=O)NCc2ccc(Cl)c(-c3cccc(C=O)c3)c2)n1.CCc1nc2c(cnn2CC)c(NC2CCOCC2)c1CNC(=O)c1cccc(C(=O)NCc2ccc(Cl)c(Br)c2)n1.O=Cc1cccc(B(O)O)c1. The first-order valence-corrected chi connectivity index (χ1v) is 35.2. The number of halogens is 3. The van der Waals surface area contributed by atoms with Gasteiger partial charge < -0.3 is 51.4 Å². The molecule has 10 aromatic rings. The van der Waals surface area contributed by atoms with Crippen LogP contribution in [-0.4, -0.2) is 131 Å². The van der Waals surface area contributed by atoms with Gasteiger partial charge in [-0.15, -0.1) is 0 Å². The number of fused-ring (bicyclic) bond motifs is 2. The van der Waals surface area contributed by atoms with Crippen molar-refractivity contribution in [1.29, 1.82) is 0 Å². The minimum Gasteiger partial charge on any atom is -0.423 e. The Kier molecular flexibility index (Phi) is 28.1. The van der Waals surface area contributed by atoms with E-state index in [0.717, 1.165) is 115 Å². The number of nitrogens with one attached hydrogen (secondary N) is 6. The predicted octanol–water partition coefficient (Wildman–Crippen LogP) is 11.1. The summed E-state index contributed by atoms with van der Waals surface area (Å²) in [6, 6.07) is 34.3. The van der Waals surface area contributed by atoms with Gasteiger partial charge in [-0.05, 0) is 145 Å². The molecule has 0 unspecified atom stereocenters. The highest BCUT2D eigenvalue weighted by molar-refractivity contribution is 9.10. The number of benzene rings is 4. The lowest BCUT2D eigenvalue weighted by Gasteiger charge is -2.26. The van der Waals surface area contributed by atoms with Gasteiger partial charge in [0, 0.05) is 126 Å². The van der Waals surface area contributed by atoms with Crippen molar-refractivity contribution < 1.29 is 48.3 Å².